The standard InChI is InChI=1S/C22H20F3N5O4/c23-22(24,25)21(33)34-29-9-8-13(11-29)10-18(31)27-15-4-6-16(7-5-15)30-12-14-2-1-3-17(20(26)32)19(14)28-30/h1-7,12-13H,8-11H2,(H2,26,32)(H,27,31). The number of carbonyl (C=O) groups is 3. The molecule has 0 bridgehead atoms. The maximum absolute atomic E-state index is 12.4. The molecule has 1 fully saturated rings. The van der Waals surface area contributed by atoms with E-state index in [0.29, 0.717) is 28.9 Å². The number of fused-ring (bicyclic) bond motifs is 1. The van der Waals surface area contributed by atoms with Gasteiger partial charge in [-0.25, -0.2) is 9.48 Å². The van der Waals surface area contributed by atoms with Gasteiger partial charge in [-0.2, -0.15) is 18.3 Å². The molecule has 1 aromatic heterocycles. The smallest absolute Gasteiger partial charge is 0.366 e. The predicted octanol–water partition coefficient (Wildman–Crippen LogP) is 2.80. The number of nitrogens with zero attached hydrogens (tertiary/aromatic N) is 3. The number of amides is 2. The van der Waals surface area contributed by atoms with Crippen molar-refractivity contribution in [2.75, 3.05) is 18.4 Å². The molecule has 12 heteroatoms. The number of nitrogens with two attached hydrogens (primary N) is 1. The van der Waals surface area contributed by atoms with Crippen LogP contribution in [0.25, 0.3) is 16.6 Å². The molecule has 0 radical (unpaired) electrons. The van der Waals surface area contributed by atoms with E-state index in [4.69, 9.17) is 5.73 Å². The molecule has 1 unspecified atom stereocenters. The van der Waals surface area contributed by atoms with Crippen molar-refractivity contribution in [2.24, 2.45) is 11.7 Å². The molecule has 2 heterocycles. The number of halogens is 3. The molecular formula is C22H20F3N5O4. The summed E-state index contributed by atoms with van der Waals surface area (Å²) in [5.74, 6) is -3.39. The highest BCUT2D eigenvalue weighted by Gasteiger charge is 2.43. The average Bonchev–Trinajstić information content (AvgIpc) is 3.39. The number of carbonyl (C=O) groups excluding carboxylic acids is 3. The van der Waals surface area contributed by atoms with E-state index in [1.165, 1.54) is 0 Å². The molecule has 1 aliphatic rings. The van der Waals surface area contributed by atoms with Crippen LogP contribution in [0.15, 0.2) is 48.7 Å². The van der Waals surface area contributed by atoms with Crippen LogP contribution < -0.4 is 11.1 Å². The molecular weight excluding hydrogens is 455 g/mol. The molecule has 0 saturated carbocycles. The molecule has 9 nitrogen and oxygen atoms in total. The van der Waals surface area contributed by atoms with Gasteiger partial charge in [-0.1, -0.05) is 12.1 Å². The maximum atomic E-state index is 12.4. The molecule has 178 valence electrons. The van der Waals surface area contributed by atoms with Crippen molar-refractivity contribution in [2.45, 2.75) is 19.0 Å². The van der Waals surface area contributed by atoms with Crippen LogP contribution in [0.4, 0.5) is 18.9 Å². The number of anilines is 1. The number of hydrogen-bond donors (Lipinski definition) is 2. The van der Waals surface area contributed by atoms with Gasteiger partial charge < -0.3 is 15.9 Å². The van der Waals surface area contributed by atoms with E-state index in [-0.39, 0.29) is 31.3 Å². The van der Waals surface area contributed by atoms with Gasteiger partial charge in [0.05, 0.1) is 11.3 Å². The molecule has 1 saturated heterocycles. The topological polar surface area (TPSA) is 120 Å². The first-order chi connectivity index (χ1) is 16.1. The Morgan fingerprint density at radius 3 is 2.56 bits per heavy atom. The fourth-order valence-corrected chi connectivity index (χ4v) is 3.76. The third-order valence-corrected chi connectivity index (χ3v) is 5.38. The van der Waals surface area contributed by atoms with Crippen LogP contribution in [0.1, 0.15) is 23.2 Å². The molecule has 1 aliphatic heterocycles. The van der Waals surface area contributed by atoms with E-state index in [1.54, 1.807) is 47.3 Å². The Morgan fingerprint density at radius 2 is 1.88 bits per heavy atom. The van der Waals surface area contributed by atoms with Gasteiger partial charge in [0, 0.05) is 36.8 Å². The van der Waals surface area contributed by atoms with Crippen molar-refractivity contribution in [1.82, 2.24) is 14.8 Å². The number of alkyl halides is 3. The summed E-state index contributed by atoms with van der Waals surface area (Å²) in [6.07, 6.45) is -2.80. The first-order valence-corrected chi connectivity index (χ1v) is 10.3. The number of nitrogens with one attached hydrogen (secondary N) is 1. The van der Waals surface area contributed by atoms with Crippen molar-refractivity contribution in [3.05, 3.63) is 54.2 Å². The van der Waals surface area contributed by atoms with Crippen LogP contribution in [0.5, 0.6) is 0 Å². The minimum Gasteiger partial charge on any atom is -0.366 e. The second kappa shape index (κ2) is 9.14. The normalized spacial score (nSPS) is 16.5. The van der Waals surface area contributed by atoms with Crippen molar-refractivity contribution >= 4 is 34.4 Å². The second-order valence-corrected chi connectivity index (χ2v) is 7.90. The van der Waals surface area contributed by atoms with Crippen LogP contribution in [0.3, 0.4) is 0 Å². The Morgan fingerprint density at radius 1 is 1.15 bits per heavy atom. The van der Waals surface area contributed by atoms with Gasteiger partial charge in [0.25, 0.3) is 5.91 Å². The lowest BCUT2D eigenvalue weighted by Gasteiger charge is -2.16. The van der Waals surface area contributed by atoms with Gasteiger partial charge in [0.1, 0.15) is 5.52 Å². The lowest BCUT2D eigenvalue weighted by Crippen LogP contribution is -2.33. The van der Waals surface area contributed by atoms with Gasteiger partial charge in [-0.05, 0) is 42.7 Å². The van der Waals surface area contributed by atoms with Crippen molar-refractivity contribution in [1.29, 1.82) is 0 Å². The Hall–Kier alpha value is -3.93. The Labute approximate surface area is 191 Å². The SMILES string of the molecule is NC(=O)c1cccc2cn(-c3ccc(NC(=O)CC4CCN(OC(=O)C(F)(F)F)C4)cc3)nc12. The maximum Gasteiger partial charge on any atom is 0.492 e. The van der Waals surface area contributed by atoms with Crippen molar-refractivity contribution < 1.29 is 32.4 Å². The van der Waals surface area contributed by atoms with E-state index in [1.807, 2.05) is 6.07 Å². The highest BCUT2D eigenvalue weighted by atomic mass is 19.4. The average molecular weight is 475 g/mol. The summed E-state index contributed by atoms with van der Waals surface area (Å²) in [7, 11) is 0. The van der Waals surface area contributed by atoms with Gasteiger partial charge in [-0.3, -0.25) is 9.59 Å². The highest BCUT2D eigenvalue weighted by Crippen LogP contribution is 2.24. The summed E-state index contributed by atoms with van der Waals surface area (Å²) in [4.78, 5) is 39.2. The number of benzene rings is 2. The predicted molar refractivity (Wildman–Crippen MR) is 115 cm³/mol. The van der Waals surface area contributed by atoms with Gasteiger partial charge in [-0.15, -0.1) is 5.06 Å². The minimum atomic E-state index is -5.06. The number of hydrogen-bond acceptors (Lipinski definition) is 6. The molecule has 3 N–H and O–H groups in total. The number of aromatic nitrogens is 2. The fourth-order valence-electron chi connectivity index (χ4n) is 3.76. The van der Waals surface area contributed by atoms with Crippen molar-refractivity contribution in [3.8, 4) is 5.69 Å². The van der Waals surface area contributed by atoms with Crippen LogP contribution in [-0.4, -0.2) is 51.9 Å². The lowest BCUT2D eigenvalue weighted by molar-refractivity contribution is -0.235. The molecule has 0 spiro atoms. The van der Waals surface area contributed by atoms with Crippen LogP contribution in [-0.2, 0) is 14.4 Å². The Bertz CT molecular complexity index is 1240. The second-order valence-electron chi connectivity index (χ2n) is 7.90. The highest BCUT2D eigenvalue weighted by molar-refractivity contribution is 6.04. The molecule has 4 rings (SSSR count). The molecule has 2 amide bonds. The van der Waals surface area contributed by atoms with Crippen LogP contribution >= 0.6 is 0 Å². The van der Waals surface area contributed by atoms with Crippen molar-refractivity contribution in [3.63, 3.8) is 0 Å². The summed E-state index contributed by atoms with van der Waals surface area (Å²) in [6, 6.07) is 12.0. The zero-order chi connectivity index (χ0) is 24.5. The van der Waals surface area contributed by atoms with Gasteiger partial charge >= 0.3 is 12.1 Å². The number of primary amides is 1. The lowest BCUT2D eigenvalue weighted by atomic mass is 10.0. The van der Waals surface area contributed by atoms with E-state index < -0.39 is 18.1 Å². The number of rotatable bonds is 6. The summed E-state index contributed by atoms with van der Waals surface area (Å²) < 4.78 is 38.5. The first kappa shape index (κ1) is 23.2. The largest absolute Gasteiger partial charge is 0.492 e. The van der Waals surface area contributed by atoms with E-state index in [2.05, 4.69) is 15.3 Å². The zero-order valence-corrected chi connectivity index (χ0v) is 17.7. The Balaban J connectivity index is 1.34. The van der Waals surface area contributed by atoms with E-state index in [9.17, 15) is 27.6 Å². The molecule has 34 heavy (non-hydrogen) atoms. The first-order valence-electron chi connectivity index (χ1n) is 10.3. The third-order valence-electron chi connectivity index (χ3n) is 5.38. The monoisotopic (exact) mass is 475 g/mol. The summed E-state index contributed by atoms with van der Waals surface area (Å²) >= 11 is 0. The quantitative estimate of drug-likeness (QED) is 0.566. The molecule has 1 atom stereocenters. The van der Waals surface area contributed by atoms with Gasteiger partial charge in [0.2, 0.25) is 5.91 Å². The van der Waals surface area contributed by atoms with Crippen LogP contribution in [0, 0.1) is 5.92 Å². The summed E-state index contributed by atoms with van der Waals surface area (Å²) in [5.41, 5.74) is 7.43. The third kappa shape index (κ3) is 5.17. The Kier molecular flexibility index (Phi) is 6.24. The number of hydroxylamine groups is 2. The summed E-state index contributed by atoms with van der Waals surface area (Å²) in [5, 5.41) is 8.85. The molecule has 0 aliphatic carbocycles. The van der Waals surface area contributed by atoms with Gasteiger partial charge in [0.15, 0.2) is 0 Å². The zero-order valence-electron chi connectivity index (χ0n) is 17.7. The molecule has 2 aromatic carbocycles. The van der Waals surface area contributed by atoms with Crippen LogP contribution in [0.2, 0.25) is 0 Å². The minimum absolute atomic E-state index is 0.0499. The molecule has 3 aromatic rings. The van der Waals surface area contributed by atoms with E-state index in [0.717, 1.165) is 10.4 Å². The summed E-state index contributed by atoms with van der Waals surface area (Å²) in [6.45, 7) is 0.179. The fraction of sp³-hybridized carbons (Fsp3) is 0.273. The van der Waals surface area contributed by atoms with E-state index >= 15 is 0 Å².